The van der Waals surface area contributed by atoms with Gasteiger partial charge in [-0.1, -0.05) is 18.9 Å². The monoisotopic (exact) mass is 436 g/mol. The summed E-state index contributed by atoms with van der Waals surface area (Å²) in [6.45, 7) is 1.58. The van der Waals surface area contributed by atoms with Crippen molar-refractivity contribution in [3.63, 3.8) is 0 Å². The maximum absolute atomic E-state index is 14.7. The van der Waals surface area contributed by atoms with Crippen LogP contribution in [-0.4, -0.2) is 39.3 Å². The highest BCUT2D eigenvalue weighted by molar-refractivity contribution is 7.93. The first kappa shape index (κ1) is 20.1. The number of sulfone groups is 1. The number of ketones is 1. The highest BCUT2D eigenvalue weighted by atomic mass is 32.2. The third-order valence-electron chi connectivity index (χ3n) is 5.93. The lowest BCUT2D eigenvalue weighted by molar-refractivity contribution is 0.0989. The lowest BCUT2D eigenvalue weighted by Crippen LogP contribution is -2.56. The van der Waals surface area contributed by atoms with Gasteiger partial charge < -0.3 is 5.73 Å². The zero-order valence-electron chi connectivity index (χ0n) is 15.9. The number of Topliss-reactive ketones (excluding diaryl/α,β-unsaturated/α-hetero) is 1. The number of hydrogen-bond acceptors (Lipinski definition) is 8. The number of carbonyl (C=O) groups excluding carboxylic acids is 1. The van der Waals surface area contributed by atoms with E-state index in [4.69, 9.17) is 5.73 Å². The van der Waals surface area contributed by atoms with Crippen molar-refractivity contribution < 1.29 is 17.6 Å². The molecule has 2 aromatic rings. The van der Waals surface area contributed by atoms with E-state index < -0.39 is 25.9 Å². The Hall–Kier alpha value is -2.20. The molecule has 4 rings (SSSR count). The fraction of sp³-hybridized carbons (Fsp3) is 0.474. The molecule has 0 amide bonds. The summed E-state index contributed by atoms with van der Waals surface area (Å²) < 4.78 is 47.7. The molecule has 29 heavy (non-hydrogen) atoms. The van der Waals surface area contributed by atoms with Gasteiger partial charge in [-0.25, -0.2) is 12.8 Å². The largest absolute Gasteiger partial charge is 0.386 e. The molecular weight excluding hydrogens is 415 g/mol. The van der Waals surface area contributed by atoms with Crippen LogP contribution in [0.5, 0.6) is 0 Å². The van der Waals surface area contributed by atoms with Crippen molar-refractivity contribution in [3.05, 3.63) is 47.0 Å². The Balaban J connectivity index is 1.72. The van der Waals surface area contributed by atoms with Crippen LogP contribution in [0.25, 0.3) is 0 Å². The standard InChI is InChI=1S/C19H21FN4O3S2/c1-18(11-29(26,27)19(17(21)23-18)6-2-3-7-19)13-8-12(4-5-14(13)20)9-16(25)15-10-22-28-24-15/h4-5,8,10H,2-3,6-7,9,11H2,1H3,(H2,21,23)/t18-/m0/s1. The van der Waals surface area contributed by atoms with Crippen LogP contribution in [0.15, 0.2) is 29.4 Å². The molecule has 0 radical (unpaired) electrons. The zero-order chi connectivity index (χ0) is 20.9. The molecule has 0 bridgehead atoms. The number of hydrogen-bond donors (Lipinski definition) is 1. The fourth-order valence-electron chi connectivity index (χ4n) is 4.38. The molecule has 2 N–H and O–H groups in total. The van der Waals surface area contributed by atoms with Crippen LogP contribution in [0.3, 0.4) is 0 Å². The highest BCUT2D eigenvalue weighted by Crippen LogP contribution is 2.45. The van der Waals surface area contributed by atoms with Crippen LogP contribution >= 0.6 is 11.7 Å². The van der Waals surface area contributed by atoms with Gasteiger partial charge in [0.2, 0.25) is 0 Å². The molecule has 1 saturated carbocycles. The van der Waals surface area contributed by atoms with Crippen molar-refractivity contribution in [2.24, 2.45) is 10.7 Å². The number of nitrogens with zero attached hydrogens (tertiary/aromatic N) is 3. The van der Waals surface area contributed by atoms with Crippen molar-refractivity contribution >= 4 is 33.2 Å². The second kappa shape index (κ2) is 6.94. The van der Waals surface area contributed by atoms with Gasteiger partial charge >= 0.3 is 0 Å². The summed E-state index contributed by atoms with van der Waals surface area (Å²) >= 11 is 0.936. The summed E-state index contributed by atoms with van der Waals surface area (Å²) in [4.78, 5) is 16.8. The molecule has 154 valence electrons. The first-order valence-electron chi connectivity index (χ1n) is 9.35. The van der Waals surface area contributed by atoms with Crippen molar-refractivity contribution in [1.82, 2.24) is 8.75 Å². The summed E-state index contributed by atoms with van der Waals surface area (Å²) in [7, 11) is -3.62. The van der Waals surface area contributed by atoms with Gasteiger partial charge in [0.05, 0.1) is 23.7 Å². The lowest BCUT2D eigenvalue weighted by Gasteiger charge is -2.39. The minimum Gasteiger partial charge on any atom is -0.386 e. The Labute approximate surface area is 172 Å². The van der Waals surface area contributed by atoms with Crippen molar-refractivity contribution in [2.75, 3.05) is 5.75 Å². The first-order valence-corrected chi connectivity index (χ1v) is 11.7. The number of aliphatic imine (C=N–C) groups is 1. The van der Waals surface area contributed by atoms with Gasteiger partial charge in [0.1, 0.15) is 27.6 Å². The van der Waals surface area contributed by atoms with Crippen molar-refractivity contribution in [1.29, 1.82) is 0 Å². The van der Waals surface area contributed by atoms with E-state index in [9.17, 15) is 17.6 Å². The fourth-order valence-corrected chi connectivity index (χ4v) is 7.32. The molecule has 1 spiro atoms. The first-order chi connectivity index (χ1) is 13.7. The van der Waals surface area contributed by atoms with E-state index >= 15 is 0 Å². The molecule has 2 heterocycles. The number of rotatable bonds is 4. The summed E-state index contributed by atoms with van der Waals surface area (Å²) in [6, 6.07) is 4.25. The Kier molecular flexibility index (Phi) is 4.81. The molecule has 0 saturated heterocycles. The lowest BCUT2D eigenvalue weighted by atomic mass is 9.90. The van der Waals surface area contributed by atoms with E-state index in [2.05, 4.69) is 13.7 Å². The van der Waals surface area contributed by atoms with Gasteiger partial charge in [-0.3, -0.25) is 9.79 Å². The van der Waals surface area contributed by atoms with Crippen LogP contribution in [-0.2, 0) is 21.8 Å². The molecule has 1 atom stereocenters. The Morgan fingerprint density at radius 3 is 2.66 bits per heavy atom. The quantitative estimate of drug-likeness (QED) is 0.736. The molecule has 0 unspecified atom stereocenters. The van der Waals surface area contributed by atoms with E-state index in [0.717, 1.165) is 24.6 Å². The molecule has 2 aliphatic rings. The maximum Gasteiger partial charge on any atom is 0.188 e. The second-order valence-corrected chi connectivity index (χ2v) is 10.8. The Bertz CT molecular complexity index is 1090. The minimum atomic E-state index is -3.62. The predicted octanol–water partition coefficient (Wildman–Crippen LogP) is 2.42. The molecule has 10 heteroatoms. The van der Waals surface area contributed by atoms with Crippen LogP contribution in [0.4, 0.5) is 4.39 Å². The second-order valence-electron chi connectivity index (χ2n) is 7.94. The number of benzene rings is 1. The molecule has 1 aromatic carbocycles. The van der Waals surface area contributed by atoms with E-state index in [1.165, 1.54) is 24.4 Å². The van der Waals surface area contributed by atoms with Gasteiger partial charge in [0, 0.05) is 12.0 Å². The normalized spacial score (nSPS) is 25.1. The van der Waals surface area contributed by atoms with Crippen LogP contribution in [0.1, 0.15) is 54.2 Å². The molecular formula is C19H21FN4O3S2. The topological polar surface area (TPSA) is 115 Å². The number of halogens is 1. The molecule has 1 aliphatic heterocycles. The highest BCUT2D eigenvalue weighted by Gasteiger charge is 2.55. The number of amidine groups is 1. The third-order valence-corrected chi connectivity index (χ3v) is 9.16. The van der Waals surface area contributed by atoms with Crippen LogP contribution in [0, 0.1) is 5.82 Å². The third kappa shape index (κ3) is 3.28. The van der Waals surface area contributed by atoms with Crippen molar-refractivity contribution in [2.45, 2.75) is 49.3 Å². The predicted molar refractivity (Wildman–Crippen MR) is 108 cm³/mol. The van der Waals surface area contributed by atoms with Crippen molar-refractivity contribution in [3.8, 4) is 0 Å². The van der Waals surface area contributed by atoms with E-state index in [1.807, 2.05) is 0 Å². The van der Waals surface area contributed by atoms with E-state index in [-0.39, 0.29) is 35.0 Å². The van der Waals surface area contributed by atoms with Gasteiger partial charge in [-0.15, -0.1) is 0 Å². The number of carbonyl (C=O) groups is 1. The average molecular weight is 437 g/mol. The smallest absolute Gasteiger partial charge is 0.188 e. The van der Waals surface area contributed by atoms with Gasteiger partial charge in [-0.05, 0) is 37.5 Å². The number of nitrogens with two attached hydrogens (primary N) is 1. The molecule has 7 nitrogen and oxygen atoms in total. The zero-order valence-corrected chi connectivity index (χ0v) is 17.5. The summed E-state index contributed by atoms with van der Waals surface area (Å²) in [5.41, 5.74) is 5.75. The molecule has 1 aromatic heterocycles. The molecule has 1 fully saturated rings. The van der Waals surface area contributed by atoms with Crippen LogP contribution in [0.2, 0.25) is 0 Å². The SMILES string of the molecule is C[C@@]1(c2cc(CC(=O)c3cnsn3)ccc2F)CS(=O)(=O)C2(CCCC2)C(N)=N1. The average Bonchev–Trinajstić information content (AvgIpc) is 3.34. The Morgan fingerprint density at radius 2 is 2.03 bits per heavy atom. The van der Waals surface area contributed by atoms with E-state index in [1.54, 1.807) is 6.92 Å². The number of aromatic nitrogens is 2. The minimum absolute atomic E-state index is 0.00462. The Morgan fingerprint density at radius 1 is 1.31 bits per heavy atom. The van der Waals surface area contributed by atoms with Crippen LogP contribution < -0.4 is 5.73 Å². The summed E-state index contributed by atoms with van der Waals surface area (Å²) in [5.74, 6) is -1.07. The summed E-state index contributed by atoms with van der Waals surface area (Å²) in [5, 5.41) is 0. The summed E-state index contributed by atoms with van der Waals surface area (Å²) in [6.07, 6.45) is 3.87. The van der Waals surface area contributed by atoms with Gasteiger partial charge in [0.15, 0.2) is 15.6 Å². The van der Waals surface area contributed by atoms with Gasteiger partial charge in [-0.2, -0.15) is 8.75 Å². The van der Waals surface area contributed by atoms with E-state index in [0.29, 0.717) is 18.4 Å². The maximum atomic E-state index is 14.7. The molecule has 1 aliphatic carbocycles. The van der Waals surface area contributed by atoms with Gasteiger partial charge in [0.25, 0.3) is 0 Å².